The molecule has 2 rings (SSSR count). The van der Waals surface area contributed by atoms with Crippen molar-refractivity contribution in [3.05, 3.63) is 22.5 Å². The topological polar surface area (TPSA) is 95.6 Å². The third kappa shape index (κ3) is 4.45. The van der Waals surface area contributed by atoms with E-state index in [0.29, 0.717) is 17.8 Å². The summed E-state index contributed by atoms with van der Waals surface area (Å²) in [6.45, 7) is 3.70. The monoisotopic (exact) mass is 316 g/mol. The van der Waals surface area contributed by atoms with Crippen LogP contribution in [-0.2, 0) is 6.42 Å². The van der Waals surface area contributed by atoms with E-state index in [4.69, 9.17) is 0 Å². The van der Waals surface area contributed by atoms with Crippen LogP contribution in [0.25, 0.3) is 0 Å². The van der Waals surface area contributed by atoms with E-state index in [9.17, 15) is 13.6 Å². The number of urea groups is 1. The molecule has 21 heavy (non-hydrogen) atoms. The lowest BCUT2D eigenvalue weighted by atomic mass is 10.2. The quantitative estimate of drug-likeness (QED) is 0.788. The predicted octanol–water partition coefficient (Wildman–Crippen LogP) is 2.26. The van der Waals surface area contributed by atoms with Crippen LogP contribution >= 0.6 is 11.3 Å². The fourth-order valence-electron chi connectivity index (χ4n) is 1.67. The van der Waals surface area contributed by atoms with Crippen LogP contribution in [0.15, 0.2) is 6.07 Å². The molecule has 2 amide bonds. The Balaban J connectivity index is 1.83. The minimum atomic E-state index is -2.69. The van der Waals surface area contributed by atoms with Gasteiger partial charge in [-0.15, -0.1) is 10.2 Å². The summed E-state index contributed by atoms with van der Waals surface area (Å²) in [5.41, 5.74) is 1.77. The molecule has 0 aromatic carbocycles. The van der Waals surface area contributed by atoms with Crippen molar-refractivity contribution in [1.82, 2.24) is 25.7 Å². The smallest absolute Gasteiger partial charge is 0.321 e. The van der Waals surface area contributed by atoms with Gasteiger partial charge < -0.3 is 5.32 Å². The van der Waals surface area contributed by atoms with Gasteiger partial charge in [0.2, 0.25) is 5.13 Å². The van der Waals surface area contributed by atoms with Gasteiger partial charge in [0.1, 0.15) is 0 Å². The minimum Gasteiger partial charge on any atom is -0.335 e. The number of nitrogens with zero attached hydrogens (tertiary/aromatic N) is 3. The number of halogens is 2. The largest absolute Gasteiger partial charge is 0.335 e. The van der Waals surface area contributed by atoms with Crippen LogP contribution in [0.1, 0.15) is 29.7 Å². The molecule has 0 aliphatic carbocycles. The molecule has 7 nitrogen and oxygen atoms in total. The number of alkyl halides is 2. The summed E-state index contributed by atoms with van der Waals surface area (Å²) in [5, 5.41) is 18.3. The number of amides is 2. The Bertz CT molecular complexity index is 613. The van der Waals surface area contributed by atoms with Crippen LogP contribution in [0.2, 0.25) is 0 Å². The Morgan fingerprint density at radius 1 is 1.48 bits per heavy atom. The highest BCUT2D eigenvalue weighted by atomic mass is 32.1. The number of carbonyl (C=O) groups is 1. The molecule has 0 aliphatic heterocycles. The third-order valence-electron chi connectivity index (χ3n) is 2.50. The molecule has 0 saturated carbocycles. The summed E-state index contributed by atoms with van der Waals surface area (Å²) in [6, 6.07) is 1.19. The van der Waals surface area contributed by atoms with E-state index >= 15 is 0 Å². The summed E-state index contributed by atoms with van der Waals surface area (Å²) in [7, 11) is 0. The Hall–Kier alpha value is -2.10. The van der Waals surface area contributed by atoms with Crippen LogP contribution in [0, 0.1) is 6.92 Å². The SMILES string of the molecule is Cc1cc(C[C@H](C)NC(=O)Nc2nnc(C(F)F)s2)n[nH]1. The van der Waals surface area contributed by atoms with E-state index in [1.807, 2.05) is 19.9 Å². The minimum absolute atomic E-state index is 0.0330. The lowest BCUT2D eigenvalue weighted by Crippen LogP contribution is -2.37. The summed E-state index contributed by atoms with van der Waals surface area (Å²) in [4.78, 5) is 11.7. The summed E-state index contributed by atoms with van der Waals surface area (Å²) >= 11 is 0.642. The van der Waals surface area contributed by atoms with Crippen molar-refractivity contribution in [2.45, 2.75) is 32.7 Å². The molecule has 2 aromatic heterocycles. The second kappa shape index (κ2) is 6.57. The Morgan fingerprint density at radius 2 is 2.24 bits per heavy atom. The van der Waals surface area contributed by atoms with Gasteiger partial charge in [0.05, 0.1) is 5.69 Å². The average Bonchev–Trinajstić information content (AvgIpc) is 2.98. The van der Waals surface area contributed by atoms with Crippen molar-refractivity contribution in [3.63, 3.8) is 0 Å². The molecule has 3 N–H and O–H groups in total. The molecular weight excluding hydrogens is 302 g/mol. The number of aryl methyl sites for hydroxylation is 1. The Kier molecular flexibility index (Phi) is 4.78. The van der Waals surface area contributed by atoms with E-state index in [-0.39, 0.29) is 11.2 Å². The second-order valence-electron chi connectivity index (χ2n) is 4.49. The first-order valence-electron chi connectivity index (χ1n) is 6.14. The summed E-state index contributed by atoms with van der Waals surface area (Å²) < 4.78 is 24.7. The fraction of sp³-hybridized carbons (Fsp3) is 0.455. The number of carbonyl (C=O) groups excluding carboxylic acids is 1. The van der Waals surface area contributed by atoms with E-state index in [2.05, 4.69) is 31.0 Å². The van der Waals surface area contributed by atoms with Gasteiger partial charge in [0.15, 0.2) is 5.01 Å². The fourth-order valence-corrected chi connectivity index (χ4v) is 2.27. The van der Waals surface area contributed by atoms with Gasteiger partial charge in [0, 0.05) is 18.2 Å². The summed E-state index contributed by atoms with van der Waals surface area (Å²) in [6.07, 6.45) is -2.14. The van der Waals surface area contributed by atoms with E-state index in [1.54, 1.807) is 0 Å². The highest BCUT2D eigenvalue weighted by molar-refractivity contribution is 7.15. The van der Waals surface area contributed by atoms with Crippen LogP contribution in [-0.4, -0.2) is 32.5 Å². The highest BCUT2D eigenvalue weighted by Gasteiger charge is 2.16. The maximum atomic E-state index is 12.3. The number of aromatic nitrogens is 4. The van der Waals surface area contributed by atoms with Gasteiger partial charge in [-0.2, -0.15) is 5.10 Å². The van der Waals surface area contributed by atoms with Crippen LogP contribution < -0.4 is 10.6 Å². The molecule has 0 saturated heterocycles. The molecule has 0 unspecified atom stereocenters. The number of hydrogen-bond acceptors (Lipinski definition) is 5. The standard InChI is InChI=1S/C11H14F2N6OS/c1-5(3-7-4-6(2)16-17-7)14-10(20)15-11-19-18-9(21-11)8(12)13/h4-5,8H,3H2,1-2H3,(H,16,17)(H2,14,15,19,20)/t5-/m0/s1. The van der Waals surface area contributed by atoms with Gasteiger partial charge in [-0.05, 0) is 19.9 Å². The molecule has 1 atom stereocenters. The maximum Gasteiger partial charge on any atom is 0.321 e. The lowest BCUT2D eigenvalue weighted by molar-refractivity contribution is 0.150. The predicted molar refractivity (Wildman–Crippen MR) is 73.5 cm³/mol. The average molecular weight is 316 g/mol. The lowest BCUT2D eigenvalue weighted by Gasteiger charge is -2.12. The van der Waals surface area contributed by atoms with Crippen molar-refractivity contribution < 1.29 is 13.6 Å². The van der Waals surface area contributed by atoms with Crippen molar-refractivity contribution >= 4 is 22.5 Å². The molecule has 0 spiro atoms. The van der Waals surface area contributed by atoms with Crippen molar-refractivity contribution in [2.24, 2.45) is 0 Å². The van der Waals surface area contributed by atoms with E-state index in [1.165, 1.54) is 0 Å². The molecular formula is C11H14F2N6OS. The number of aromatic amines is 1. The number of nitrogens with one attached hydrogen (secondary N) is 3. The first kappa shape index (κ1) is 15.3. The first-order valence-corrected chi connectivity index (χ1v) is 6.95. The zero-order chi connectivity index (χ0) is 15.4. The van der Waals surface area contributed by atoms with Gasteiger partial charge >= 0.3 is 6.03 Å². The number of anilines is 1. The Labute approximate surface area is 123 Å². The van der Waals surface area contributed by atoms with Crippen LogP contribution in [0.4, 0.5) is 18.7 Å². The zero-order valence-corrected chi connectivity index (χ0v) is 12.2. The number of rotatable bonds is 5. The van der Waals surface area contributed by atoms with Crippen LogP contribution in [0.3, 0.4) is 0 Å². The molecule has 0 fully saturated rings. The second-order valence-corrected chi connectivity index (χ2v) is 5.50. The molecule has 0 aliphatic rings. The van der Waals surface area contributed by atoms with Gasteiger partial charge in [0.25, 0.3) is 6.43 Å². The van der Waals surface area contributed by atoms with E-state index in [0.717, 1.165) is 11.4 Å². The molecule has 0 radical (unpaired) electrons. The molecule has 2 heterocycles. The molecule has 0 bridgehead atoms. The van der Waals surface area contributed by atoms with Crippen molar-refractivity contribution in [3.8, 4) is 0 Å². The van der Waals surface area contributed by atoms with Crippen molar-refractivity contribution in [2.75, 3.05) is 5.32 Å². The normalized spacial score (nSPS) is 12.4. The third-order valence-corrected chi connectivity index (χ3v) is 3.35. The van der Waals surface area contributed by atoms with Crippen molar-refractivity contribution in [1.29, 1.82) is 0 Å². The van der Waals surface area contributed by atoms with Gasteiger partial charge in [-0.25, -0.2) is 13.6 Å². The summed E-state index contributed by atoms with van der Waals surface area (Å²) in [5.74, 6) is 0. The van der Waals surface area contributed by atoms with E-state index < -0.39 is 17.5 Å². The highest BCUT2D eigenvalue weighted by Crippen LogP contribution is 2.24. The number of H-pyrrole nitrogens is 1. The van der Waals surface area contributed by atoms with Gasteiger partial charge in [-0.3, -0.25) is 10.4 Å². The first-order chi connectivity index (χ1) is 9.94. The molecule has 10 heteroatoms. The maximum absolute atomic E-state index is 12.3. The zero-order valence-electron chi connectivity index (χ0n) is 11.4. The molecule has 2 aromatic rings. The molecule has 114 valence electrons. The van der Waals surface area contributed by atoms with Gasteiger partial charge in [-0.1, -0.05) is 11.3 Å². The number of hydrogen-bond donors (Lipinski definition) is 3. The Morgan fingerprint density at radius 3 is 2.81 bits per heavy atom. The van der Waals surface area contributed by atoms with Crippen LogP contribution in [0.5, 0.6) is 0 Å².